The molecule has 0 N–H and O–H groups in total. The number of hydrogen-bond acceptors (Lipinski definition) is 3. The average Bonchev–Trinajstić information content (AvgIpc) is 2.71. The van der Waals surface area contributed by atoms with Gasteiger partial charge in [-0.15, -0.1) is 11.3 Å². The minimum atomic E-state index is -0.878. The maximum absolute atomic E-state index is 12.3. The lowest BCUT2D eigenvalue weighted by atomic mass is 9.93. The van der Waals surface area contributed by atoms with Gasteiger partial charge < -0.3 is 0 Å². The molecule has 0 amide bonds. The minimum Gasteiger partial charge on any atom is -0.292 e. The van der Waals surface area contributed by atoms with Gasteiger partial charge in [0.25, 0.3) is 0 Å². The van der Waals surface area contributed by atoms with E-state index in [1.807, 2.05) is 6.07 Å². The Labute approximate surface area is 132 Å². The van der Waals surface area contributed by atoms with Crippen LogP contribution in [-0.2, 0) is 0 Å². The van der Waals surface area contributed by atoms with Crippen LogP contribution >= 0.6 is 50.5 Å². The summed E-state index contributed by atoms with van der Waals surface area (Å²) in [5.41, 5.74) is 0.931. The van der Waals surface area contributed by atoms with Crippen LogP contribution in [0.15, 0.2) is 34.8 Å². The lowest BCUT2D eigenvalue weighted by molar-refractivity contribution is 0.0979. The van der Waals surface area contributed by atoms with Crippen LogP contribution in [0.3, 0.4) is 0 Å². The molecular weight excluding hydrogens is 369 g/mol. The van der Waals surface area contributed by atoms with Crippen LogP contribution in [0.1, 0.15) is 21.8 Å². The quantitative estimate of drug-likeness (QED) is 0.683. The Balaban J connectivity index is 2.38. The summed E-state index contributed by atoms with van der Waals surface area (Å²) in [4.78, 5) is 12.3. The molecule has 19 heavy (non-hydrogen) atoms. The van der Waals surface area contributed by atoms with Gasteiger partial charge in [-0.05, 0) is 23.8 Å². The van der Waals surface area contributed by atoms with E-state index in [9.17, 15) is 10.1 Å². The number of thiophene rings is 1. The van der Waals surface area contributed by atoms with E-state index in [-0.39, 0.29) is 5.78 Å². The van der Waals surface area contributed by atoms with Crippen molar-refractivity contribution >= 4 is 56.3 Å². The number of hydrogen-bond donors (Lipinski definition) is 0. The third kappa shape index (κ3) is 3.18. The molecule has 1 aromatic heterocycles. The van der Waals surface area contributed by atoms with Crippen molar-refractivity contribution in [1.82, 2.24) is 0 Å². The fourth-order valence-electron chi connectivity index (χ4n) is 1.60. The van der Waals surface area contributed by atoms with Crippen molar-refractivity contribution in [1.29, 1.82) is 5.26 Å². The SMILES string of the molecule is N#CC(C(=O)c1cc(Cl)sc1Cl)c1ccc(Br)cc1. The summed E-state index contributed by atoms with van der Waals surface area (Å²) < 4.78 is 1.63. The fourth-order valence-corrected chi connectivity index (χ4v) is 3.34. The number of Topliss-reactive ketones (excluding diaryl/α,β-unsaturated/α-hetero) is 1. The molecule has 0 fully saturated rings. The number of nitrogens with zero attached hydrogens (tertiary/aromatic N) is 1. The Hall–Kier alpha value is -0.860. The first-order valence-electron chi connectivity index (χ1n) is 5.17. The van der Waals surface area contributed by atoms with Crippen molar-refractivity contribution in [2.75, 3.05) is 0 Å². The van der Waals surface area contributed by atoms with Crippen molar-refractivity contribution in [3.05, 3.63) is 54.6 Å². The van der Waals surface area contributed by atoms with Gasteiger partial charge in [0.05, 0.1) is 16.0 Å². The molecule has 0 spiro atoms. The number of ketones is 1. The molecule has 6 heteroatoms. The standard InChI is InChI=1S/C13H6BrCl2NOS/c14-8-3-1-7(2-4-8)10(6-17)12(18)9-5-11(15)19-13(9)16/h1-5,10H. The summed E-state index contributed by atoms with van der Waals surface area (Å²) in [5.74, 6) is -1.21. The van der Waals surface area contributed by atoms with Crippen molar-refractivity contribution in [2.45, 2.75) is 5.92 Å². The van der Waals surface area contributed by atoms with Gasteiger partial charge in [0.1, 0.15) is 10.3 Å². The van der Waals surface area contributed by atoms with E-state index in [1.165, 1.54) is 6.07 Å². The number of nitriles is 1. The van der Waals surface area contributed by atoms with Crippen LogP contribution in [-0.4, -0.2) is 5.78 Å². The summed E-state index contributed by atoms with van der Waals surface area (Å²) in [6, 6.07) is 10.6. The molecule has 1 unspecified atom stereocenters. The maximum atomic E-state index is 12.3. The molecule has 1 aromatic carbocycles. The topological polar surface area (TPSA) is 40.9 Å². The van der Waals surface area contributed by atoms with Gasteiger partial charge in [-0.25, -0.2) is 0 Å². The second-order valence-electron chi connectivity index (χ2n) is 3.72. The maximum Gasteiger partial charge on any atom is 0.186 e. The second-order valence-corrected chi connectivity index (χ2v) is 6.92. The van der Waals surface area contributed by atoms with Crippen LogP contribution in [0.4, 0.5) is 0 Å². The molecule has 0 radical (unpaired) electrons. The summed E-state index contributed by atoms with van der Waals surface area (Å²) in [6.45, 7) is 0. The smallest absolute Gasteiger partial charge is 0.186 e. The molecule has 0 aliphatic rings. The monoisotopic (exact) mass is 373 g/mol. The highest BCUT2D eigenvalue weighted by atomic mass is 79.9. The molecular formula is C13H6BrCl2NOS. The molecule has 0 saturated heterocycles. The fraction of sp³-hybridized carbons (Fsp3) is 0.0769. The average molecular weight is 375 g/mol. The summed E-state index contributed by atoms with van der Waals surface area (Å²) in [6.07, 6.45) is 0. The summed E-state index contributed by atoms with van der Waals surface area (Å²) in [5, 5.41) is 9.22. The number of rotatable bonds is 3. The molecule has 1 heterocycles. The minimum absolute atomic E-state index is 0.297. The number of carbonyl (C=O) groups excluding carboxylic acids is 1. The second kappa shape index (κ2) is 6.06. The van der Waals surface area contributed by atoms with Crippen LogP contribution in [0.5, 0.6) is 0 Å². The van der Waals surface area contributed by atoms with E-state index < -0.39 is 5.92 Å². The first-order valence-corrected chi connectivity index (χ1v) is 7.53. The Bertz CT molecular complexity index is 660. The molecule has 96 valence electrons. The van der Waals surface area contributed by atoms with Crippen molar-refractivity contribution < 1.29 is 4.79 Å². The number of benzene rings is 1. The number of carbonyl (C=O) groups is 1. The van der Waals surface area contributed by atoms with Crippen molar-refractivity contribution in [3.8, 4) is 6.07 Å². The molecule has 1 atom stereocenters. The van der Waals surface area contributed by atoms with E-state index in [1.54, 1.807) is 24.3 Å². The molecule has 0 saturated carbocycles. The highest BCUT2D eigenvalue weighted by Gasteiger charge is 2.25. The molecule has 0 bridgehead atoms. The van der Waals surface area contributed by atoms with Crippen LogP contribution < -0.4 is 0 Å². The Morgan fingerprint density at radius 3 is 2.42 bits per heavy atom. The predicted octanol–water partition coefficient (Wildman–Crippen LogP) is 5.31. The van der Waals surface area contributed by atoms with Crippen LogP contribution in [0.2, 0.25) is 8.67 Å². The van der Waals surface area contributed by atoms with Gasteiger partial charge in [0, 0.05) is 4.47 Å². The van der Waals surface area contributed by atoms with Crippen LogP contribution in [0, 0.1) is 11.3 Å². The molecule has 2 aromatic rings. The Morgan fingerprint density at radius 2 is 1.95 bits per heavy atom. The van der Waals surface area contributed by atoms with Gasteiger partial charge in [-0.2, -0.15) is 5.26 Å². The Kier molecular flexibility index (Phi) is 4.64. The molecule has 2 rings (SSSR count). The van der Waals surface area contributed by atoms with E-state index in [4.69, 9.17) is 23.2 Å². The van der Waals surface area contributed by atoms with E-state index in [0.717, 1.165) is 15.8 Å². The van der Waals surface area contributed by atoms with E-state index >= 15 is 0 Å². The van der Waals surface area contributed by atoms with Crippen LogP contribution in [0.25, 0.3) is 0 Å². The first kappa shape index (κ1) is 14.5. The third-order valence-electron chi connectivity index (χ3n) is 2.52. The Morgan fingerprint density at radius 1 is 1.32 bits per heavy atom. The van der Waals surface area contributed by atoms with Gasteiger partial charge >= 0.3 is 0 Å². The lowest BCUT2D eigenvalue weighted by Gasteiger charge is -2.07. The zero-order valence-electron chi connectivity index (χ0n) is 9.36. The zero-order chi connectivity index (χ0) is 14.0. The first-order chi connectivity index (χ1) is 9.02. The summed E-state index contributed by atoms with van der Waals surface area (Å²) in [7, 11) is 0. The highest BCUT2D eigenvalue weighted by molar-refractivity contribution is 9.10. The lowest BCUT2D eigenvalue weighted by Crippen LogP contribution is -2.10. The number of halogens is 3. The summed E-state index contributed by atoms with van der Waals surface area (Å²) >= 11 is 16.2. The van der Waals surface area contributed by atoms with Gasteiger partial charge in [0.2, 0.25) is 0 Å². The van der Waals surface area contributed by atoms with E-state index in [2.05, 4.69) is 15.9 Å². The third-order valence-corrected chi connectivity index (χ3v) is 4.53. The van der Waals surface area contributed by atoms with Gasteiger partial charge in [0.15, 0.2) is 5.78 Å². The van der Waals surface area contributed by atoms with Crippen molar-refractivity contribution in [2.24, 2.45) is 0 Å². The molecule has 2 nitrogen and oxygen atoms in total. The van der Waals surface area contributed by atoms with E-state index in [0.29, 0.717) is 19.8 Å². The van der Waals surface area contributed by atoms with Gasteiger partial charge in [-0.3, -0.25) is 4.79 Å². The predicted molar refractivity (Wildman–Crippen MR) is 81.2 cm³/mol. The largest absolute Gasteiger partial charge is 0.292 e. The normalized spacial score (nSPS) is 11.9. The zero-order valence-corrected chi connectivity index (χ0v) is 13.3. The molecule has 0 aliphatic carbocycles. The highest BCUT2D eigenvalue weighted by Crippen LogP contribution is 2.34. The van der Waals surface area contributed by atoms with Gasteiger partial charge in [-0.1, -0.05) is 51.3 Å². The van der Waals surface area contributed by atoms with Crippen molar-refractivity contribution in [3.63, 3.8) is 0 Å². The molecule has 0 aliphatic heterocycles.